The van der Waals surface area contributed by atoms with Crippen molar-refractivity contribution in [2.24, 2.45) is 5.41 Å². The van der Waals surface area contributed by atoms with Crippen molar-refractivity contribution in [1.29, 1.82) is 0 Å². The molecule has 1 N–H and O–H groups in total. The Balaban J connectivity index is 4.56. The Kier molecular flexibility index (Phi) is 4.07. The van der Waals surface area contributed by atoms with Gasteiger partial charge in [0.05, 0.1) is 5.41 Å². The molecule has 0 heterocycles. The van der Waals surface area contributed by atoms with Gasteiger partial charge >= 0.3 is 11.9 Å². The van der Waals surface area contributed by atoms with Gasteiger partial charge in [0, 0.05) is 12.5 Å². The molecule has 15 heavy (non-hydrogen) atoms. The highest BCUT2D eigenvalue weighted by atomic mass is 16.6. The van der Waals surface area contributed by atoms with Gasteiger partial charge in [-0.15, -0.1) is 0 Å². The van der Waals surface area contributed by atoms with Gasteiger partial charge in [-0.1, -0.05) is 6.58 Å². The normalized spacial score (nSPS) is 12.0. The second-order valence-corrected chi connectivity index (χ2v) is 4.75. The Morgan fingerprint density at radius 2 is 1.80 bits per heavy atom. The lowest BCUT2D eigenvalue weighted by Crippen LogP contribution is -2.37. The van der Waals surface area contributed by atoms with Crippen molar-refractivity contribution in [1.82, 2.24) is 0 Å². The minimum Gasteiger partial charge on any atom is -0.481 e. The summed E-state index contributed by atoms with van der Waals surface area (Å²) in [7, 11) is 0. The molecule has 86 valence electrons. The zero-order chi connectivity index (χ0) is 12.3. The van der Waals surface area contributed by atoms with E-state index in [1.165, 1.54) is 0 Å². The van der Waals surface area contributed by atoms with Gasteiger partial charge in [0.1, 0.15) is 5.60 Å². The van der Waals surface area contributed by atoms with Gasteiger partial charge in [0.2, 0.25) is 0 Å². The third-order valence-corrected chi connectivity index (χ3v) is 1.99. The maximum Gasteiger partial charge on any atom is 0.330 e. The van der Waals surface area contributed by atoms with Crippen LogP contribution in [0.5, 0.6) is 0 Å². The highest BCUT2D eigenvalue weighted by Gasteiger charge is 2.36. The van der Waals surface area contributed by atoms with E-state index >= 15 is 0 Å². The van der Waals surface area contributed by atoms with Crippen LogP contribution in [0.3, 0.4) is 0 Å². The molecule has 0 bridgehead atoms. The van der Waals surface area contributed by atoms with Crippen LogP contribution in [0.1, 0.15) is 34.1 Å². The van der Waals surface area contributed by atoms with E-state index < -0.39 is 23.0 Å². The van der Waals surface area contributed by atoms with Crippen molar-refractivity contribution in [2.45, 2.75) is 39.7 Å². The maximum atomic E-state index is 11.0. The predicted octanol–water partition coefficient (Wildman–Crippen LogP) is 2.00. The van der Waals surface area contributed by atoms with Gasteiger partial charge in [-0.25, -0.2) is 4.79 Å². The summed E-state index contributed by atoms with van der Waals surface area (Å²) in [6.45, 7) is 9.84. The number of esters is 1. The SMILES string of the molecule is C=CC(=O)OC(C)(C)CC(C)(C)C(=O)O. The Bertz CT molecular complexity index is 276. The number of rotatable bonds is 5. The molecule has 0 rings (SSSR count). The van der Waals surface area contributed by atoms with E-state index in [0.29, 0.717) is 0 Å². The second-order valence-electron chi connectivity index (χ2n) is 4.75. The summed E-state index contributed by atoms with van der Waals surface area (Å²) >= 11 is 0. The van der Waals surface area contributed by atoms with E-state index in [1.807, 2.05) is 0 Å². The molecule has 0 aromatic carbocycles. The molecule has 0 spiro atoms. The van der Waals surface area contributed by atoms with Crippen LogP contribution in [0.2, 0.25) is 0 Å². The van der Waals surface area contributed by atoms with Crippen molar-refractivity contribution < 1.29 is 19.4 Å². The van der Waals surface area contributed by atoms with Gasteiger partial charge in [-0.3, -0.25) is 4.79 Å². The fourth-order valence-electron chi connectivity index (χ4n) is 1.49. The van der Waals surface area contributed by atoms with E-state index in [1.54, 1.807) is 27.7 Å². The maximum absolute atomic E-state index is 11.0. The molecule has 0 aliphatic rings. The number of carboxylic acid groups (broad SMARTS) is 1. The molecule has 0 saturated heterocycles. The Morgan fingerprint density at radius 1 is 1.33 bits per heavy atom. The van der Waals surface area contributed by atoms with Crippen LogP contribution in [-0.4, -0.2) is 22.6 Å². The van der Waals surface area contributed by atoms with Gasteiger partial charge < -0.3 is 9.84 Å². The fraction of sp³-hybridized carbons (Fsp3) is 0.636. The number of hydrogen-bond donors (Lipinski definition) is 1. The minimum atomic E-state index is -0.926. The van der Waals surface area contributed by atoms with Crippen molar-refractivity contribution in [2.75, 3.05) is 0 Å². The largest absolute Gasteiger partial charge is 0.481 e. The molecule has 0 fully saturated rings. The molecule has 0 amide bonds. The van der Waals surface area contributed by atoms with E-state index in [2.05, 4.69) is 6.58 Å². The van der Waals surface area contributed by atoms with Crippen LogP contribution in [0.4, 0.5) is 0 Å². The summed E-state index contributed by atoms with van der Waals surface area (Å²) in [5.74, 6) is -1.45. The van der Waals surface area contributed by atoms with E-state index in [4.69, 9.17) is 9.84 Å². The second kappa shape index (κ2) is 4.47. The summed E-state index contributed by atoms with van der Waals surface area (Å²) < 4.78 is 5.05. The summed E-state index contributed by atoms with van der Waals surface area (Å²) in [5.41, 5.74) is -1.74. The summed E-state index contributed by atoms with van der Waals surface area (Å²) in [4.78, 5) is 21.9. The molecule has 0 atom stereocenters. The van der Waals surface area contributed by atoms with Crippen LogP contribution < -0.4 is 0 Å². The highest BCUT2D eigenvalue weighted by Crippen LogP contribution is 2.30. The lowest BCUT2D eigenvalue weighted by Gasteiger charge is -2.31. The van der Waals surface area contributed by atoms with Crippen LogP contribution >= 0.6 is 0 Å². The number of carbonyl (C=O) groups is 2. The lowest BCUT2D eigenvalue weighted by atomic mass is 9.82. The summed E-state index contributed by atoms with van der Waals surface area (Å²) in [6, 6.07) is 0. The first-order valence-electron chi connectivity index (χ1n) is 4.69. The number of aliphatic carboxylic acids is 1. The smallest absolute Gasteiger partial charge is 0.330 e. The number of hydrogen-bond acceptors (Lipinski definition) is 3. The Labute approximate surface area is 89.9 Å². The summed E-state index contributed by atoms with van der Waals surface area (Å²) in [6.07, 6.45) is 1.31. The predicted molar refractivity (Wildman–Crippen MR) is 56.4 cm³/mol. The number of ether oxygens (including phenoxy) is 1. The van der Waals surface area contributed by atoms with E-state index in [9.17, 15) is 9.59 Å². The van der Waals surface area contributed by atoms with Crippen molar-refractivity contribution in [3.05, 3.63) is 12.7 Å². The van der Waals surface area contributed by atoms with Crippen LogP contribution in [-0.2, 0) is 14.3 Å². The summed E-state index contributed by atoms with van der Waals surface area (Å²) in [5, 5.41) is 8.94. The molecular formula is C11H18O4. The average Bonchev–Trinajstić information content (AvgIpc) is 2.00. The monoisotopic (exact) mass is 214 g/mol. The molecule has 0 aromatic heterocycles. The van der Waals surface area contributed by atoms with Gasteiger partial charge in [0.15, 0.2) is 0 Å². The molecule has 4 heteroatoms. The molecule has 0 saturated carbocycles. The van der Waals surface area contributed by atoms with Crippen molar-refractivity contribution in [3.63, 3.8) is 0 Å². The van der Waals surface area contributed by atoms with E-state index in [0.717, 1.165) is 6.08 Å². The van der Waals surface area contributed by atoms with Crippen molar-refractivity contribution in [3.8, 4) is 0 Å². The zero-order valence-electron chi connectivity index (χ0n) is 9.66. The van der Waals surface area contributed by atoms with Gasteiger partial charge in [-0.2, -0.15) is 0 Å². The molecule has 0 aromatic rings. The van der Waals surface area contributed by atoms with Crippen molar-refractivity contribution >= 4 is 11.9 Å². The molecule has 0 radical (unpaired) electrons. The third-order valence-electron chi connectivity index (χ3n) is 1.99. The van der Waals surface area contributed by atoms with Crippen LogP contribution in [0, 0.1) is 5.41 Å². The highest BCUT2D eigenvalue weighted by molar-refractivity contribution is 5.81. The van der Waals surface area contributed by atoms with Gasteiger partial charge in [-0.05, 0) is 27.7 Å². The third kappa shape index (κ3) is 4.63. The van der Waals surface area contributed by atoms with Crippen LogP contribution in [0.25, 0.3) is 0 Å². The van der Waals surface area contributed by atoms with E-state index in [-0.39, 0.29) is 6.42 Å². The quantitative estimate of drug-likeness (QED) is 0.561. The first-order chi connectivity index (χ1) is 6.60. The average molecular weight is 214 g/mol. The Morgan fingerprint density at radius 3 is 2.13 bits per heavy atom. The Hall–Kier alpha value is -1.32. The molecule has 0 aliphatic carbocycles. The molecule has 0 unspecified atom stereocenters. The number of carboxylic acids is 1. The lowest BCUT2D eigenvalue weighted by molar-refractivity contribution is -0.160. The molecule has 0 aliphatic heterocycles. The first-order valence-corrected chi connectivity index (χ1v) is 4.69. The minimum absolute atomic E-state index is 0.245. The molecular weight excluding hydrogens is 196 g/mol. The first kappa shape index (κ1) is 13.7. The molecule has 4 nitrogen and oxygen atoms in total. The van der Waals surface area contributed by atoms with Crippen LogP contribution in [0.15, 0.2) is 12.7 Å². The topological polar surface area (TPSA) is 63.6 Å². The number of carbonyl (C=O) groups excluding carboxylic acids is 1. The van der Waals surface area contributed by atoms with Gasteiger partial charge in [0.25, 0.3) is 0 Å². The zero-order valence-corrected chi connectivity index (χ0v) is 9.66. The standard InChI is InChI=1S/C11H18O4/c1-6-8(12)15-11(4,5)7-10(2,3)9(13)14/h6H,1,7H2,2-5H3,(H,13,14). The fourth-order valence-corrected chi connectivity index (χ4v) is 1.49.